The number of carbonyl (C=O) groups excluding carboxylic acids is 2. The van der Waals surface area contributed by atoms with Gasteiger partial charge in [0.05, 0.1) is 0 Å². The molecule has 0 atom stereocenters. The molecule has 0 bridgehead atoms. The fraction of sp³-hybridized carbons (Fsp3) is 0.222. The maximum absolute atomic E-state index is 12.2. The predicted molar refractivity (Wildman–Crippen MR) is 92.9 cm³/mol. The Kier molecular flexibility index (Phi) is 6.20. The molecule has 0 radical (unpaired) electrons. The Morgan fingerprint density at radius 1 is 0.957 bits per heavy atom. The van der Waals surface area contributed by atoms with Gasteiger partial charge in [-0.2, -0.15) is 0 Å². The van der Waals surface area contributed by atoms with Crippen LogP contribution in [-0.4, -0.2) is 23.6 Å². The minimum Gasteiger partial charge on any atom is -0.341 e. The molecule has 3 nitrogen and oxygen atoms in total. The summed E-state index contributed by atoms with van der Waals surface area (Å²) in [5.41, 5.74) is 1.45. The predicted octanol–water partition coefficient (Wildman–Crippen LogP) is 4.61. The van der Waals surface area contributed by atoms with Crippen LogP contribution in [-0.2, 0) is 11.3 Å². The summed E-state index contributed by atoms with van der Waals surface area (Å²) >= 11 is 11.9. The van der Waals surface area contributed by atoms with Crippen molar-refractivity contribution in [1.29, 1.82) is 0 Å². The molecule has 2 aromatic carbocycles. The Labute approximate surface area is 145 Å². The number of hydrogen-bond acceptors (Lipinski definition) is 2. The standard InChI is InChI=1S/C18H17Cl2NO2/c1-21(12-14-4-2-3-5-16(14)20)18(23)11-10-17(22)13-6-8-15(19)9-7-13/h2-9H,10-12H2,1H3. The van der Waals surface area contributed by atoms with Gasteiger partial charge in [0.15, 0.2) is 5.78 Å². The first-order valence-corrected chi connectivity index (χ1v) is 7.99. The molecule has 1 amide bonds. The van der Waals surface area contributed by atoms with E-state index in [0.29, 0.717) is 22.2 Å². The number of rotatable bonds is 6. The number of amides is 1. The summed E-state index contributed by atoms with van der Waals surface area (Å²) in [4.78, 5) is 25.8. The number of nitrogens with zero attached hydrogens (tertiary/aromatic N) is 1. The van der Waals surface area contributed by atoms with Gasteiger partial charge in [-0.1, -0.05) is 41.4 Å². The van der Waals surface area contributed by atoms with E-state index < -0.39 is 0 Å². The van der Waals surface area contributed by atoms with Gasteiger partial charge in [0, 0.05) is 42.0 Å². The number of carbonyl (C=O) groups is 2. The smallest absolute Gasteiger partial charge is 0.223 e. The maximum Gasteiger partial charge on any atom is 0.223 e. The summed E-state index contributed by atoms with van der Waals surface area (Å²) in [6.07, 6.45) is 0.343. The number of halogens is 2. The third-order valence-electron chi connectivity index (χ3n) is 3.52. The van der Waals surface area contributed by atoms with Crippen molar-refractivity contribution in [3.8, 4) is 0 Å². The van der Waals surface area contributed by atoms with Crippen molar-refractivity contribution in [3.05, 3.63) is 69.7 Å². The van der Waals surface area contributed by atoms with Gasteiger partial charge in [-0.15, -0.1) is 0 Å². The molecule has 23 heavy (non-hydrogen) atoms. The van der Waals surface area contributed by atoms with Crippen LogP contribution in [0.3, 0.4) is 0 Å². The second-order valence-corrected chi connectivity index (χ2v) is 6.11. The lowest BCUT2D eigenvalue weighted by molar-refractivity contribution is -0.130. The highest BCUT2D eigenvalue weighted by molar-refractivity contribution is 6.31. The lowest BCUT2D eigenvalue weighted by Crippen LogP contribution is -2.26. The fourth-order valence-corrected chi connectivity index (χ4v) is 2.48. The molecule has 0 aromatic heterocycles. The van der Waals surface area contributed by atoms with E-state index in [4.69, 9.17) is 23.2 Å². The third kappa shape index (κ3) is 5.08. The minimum absolute atomic E-state index is 0.0684. The molecule has 2 aromatic rings. The lowest BCUT2D eigenvalue weighted by atomic mass is 10.1. The van der Waals surface area contributed by atoms with Crippen molar-refractivity contribution < 1.29 is 9.59 Å². The average Bonchev–Trinajstić information content (AvgIpc) is 2.55. The Morgan fingerprint density at radius 2 is 1.61 bits per heavy atom. The molecule has 0 aliphatic heterocycles. The zero-order valence-electron chi connectivity index (χ0n) is 12.8. The number of hydrogen-bond donors (Lipinski definition) is 0. The van der Waals surface area contributed by atoms with Crippen LogP contribution in [0.1, 0.15) is 28.8 Å². The normalized spacial score (nSPS) is 10.4. The van der Waals surface area contributed by atoms with Crippen LogP contribution in [0.5, 0.6) is 0 Å². The van der Waals surface area contributed by atoms with Crippen molar-refractivity contribution in [2.24, 2.45) is 0 Å². The largest absolute Gasteiger partial charge is 0.341 e. The maximum atomic E-state index is 12.2. The van der Waals surface area contributed by atoms with Crippen molar-refractivity contribution >= 4 is 34.9 Å². The van der Waals surface area contributed by atoms with E-state index in [2.05, 4.69) is 0 Å². The summed E-state index contributed by atoms with van der Waals surface area (Å²) < 4.78 is 0. The Hall–Kier alpha value is -1.84. The highest BCUT2D eigenvalue weighted by Crippen LogP contribution is 2.17. The van der Waals surface area contributed by atoms with E-state index in [-0.39, 0.29) is 24.5 Å². The average molecular weight is 350 g/mol. The van der Waals surface area contributed by atoms with Crippen LogP contribution in [0, 0.1) is 0 Å². The molecule has 0 saturated heterocycles. The molecule has 0 saturated carbocycles. The number of benzene rings is 2. The second-order valence-electron chi connectivity index (χ2n) is 5.27. The van der Waals surface area contributed by atoms with E-state index in [9.17, 15) is 9.59 Å². The molecule has 2 rings (SSSR count). The van der Waals surface area contributed by atoms with E-state index in [0.717, 1.165) is 5.56 Å². The van der Waals surface area contributed by atoms with Crippen LogP contribution in [0.25, 0.3) is 0 Å². The van der Waals surface area contributed by atoms with Gasteiger partial charge in [0.1, 0.15) is 0 Å². The van der Waals surface area contributed by atoms with Crippen molar-refractivity contribution in [2.45, 2.75) is 19.4 Å². The van der Waals surface area contributed by atoms with Crippen LogP contribution >= 0.6 is 23.2 Å². The third-order valence-corrected chi connectivity index (χ3v) is 4.14. The summed E-state index contributed by atoms with van der Waals surface area (Å²) in [6.45, 7) is 0.424. The SMILES string of the molecule is CN(Cc1ccccc1Cl)C(=O)CCC(=O)c1ccc(Cl)cc1. The quantitative estimate of drug-likeness (QED) is 0.713. The molecular formula is C18H17Cl2NO2. The topological polar surface area (TPSA) is 37.4 Å². The monoisotopic (exact) mass is 349 g/mol. The summed E-state index contributed by atoms with van der Waals surface area (Å²) in [5.74, 6) is -0.159. The van der Waals surface area contributed by atoms with Gasteiger partial charge < -0.3 is 4.90 Å². The van der Waals surface area contributed by atoms with E-state index >= 15 is 0 Å². The van der Waals surface area contributed by atoms with Gasteiger partial charge in [0.25, 0.3) is 0 Å². The fourth-order valence-electron chi connectivity index (χ4n) is 2.16. The first kappa shape index (κ1) is 17.5. The molecule has 0 aliphatic rings. The van der Waals surface area contributed by atoms with Crippen molar-refractivity contribution in [1.82, 2.24) is 4.90 Å². The van der Waals surface area contributed by atoms with Gasteiger partial charge in [-0.05, 0) is 35.9 Å². The van der Waals surface area contributed by atoms with Crippen LogP contribution in [0.4, 0.5) is 0 Å². The van der Waals surface area contributed by atoms with Gasteiger partial charge in [-0.3, -0.25) is 9.59 Å². The van der Waals surface area contributed by atoms with Crippen LogP contribution < -0.4 is 0 Å². The first-order valence-electron chi connectivity index (χ1n) is 7.23. The van der Waals surface area contributed by atoms with Crippen molar-refractivity contribution in [2.75, 3.05) is 7.05 Å². The zero-order valence-corrected chi connectivity index (χ0v) is 14.3. The molecule has 0 heterocycles. The van der Waals surface area contributed by atoms with E-state index in [1.807, 2.05) is 18.2 Å². The highest BCUT2D eigenvalue weighted by atomic mass is 35.5. The second kappa shape index (κ2) is 8.14. The van der Waals surface area contributed by atoms with Gasteiger partial charge in [-0.25, -0.2) is 0 Å². The van der Waals surface area contributed by atoms with Crippen LogP contribution in [0.2, 0.25) is 10.0 Å². The summed E-state index contributed by atoms with van der Waals surface area (Å²) in [6, 6.07) is 14.1. The Bertz CT molecular complexity index is 698. The Morgan fingerprint density at radius 3 is 2.26 bits per heavy atom. The van der Waals surface area contributed by atoms with Crippen molar-refractivity contribution in [3.63, 3.8) is 0 Å². The molecule has 0 unspecified atom stereocenters. The zero-order chi connectivity index (χ0) is 16.8. The van der Waals surface area contributed by atoms with E-state index in [1.165, 1.54) is 0 Å². The highest BCUT2D eigenvalue weighted by Gasteiger charge is 2.14. The summed E-state index contributed by atoms with van der Waals surface area (Å²) in [7, 11) is 1.71. The molecule has 5 heteroatoms. The Balaban J connectivity index is 1.87. The molecule has 120 valence electrons. The summed E-state index contributed by atoms with van der Waals surface area (Å²) in [5, 5.41) is 1.21. The molecule has 0 N–H and O–H groups in total. The lowest BCUT2D eigenvalue weighted by Gasteiger charge is -2.17. The van der Waals surface area contributed by atoms with Crippen LogP contribution in [0.15, 0.2) is 48.5 Å². The molecule has 0 aliphatic carbocycles. The van der Waals surface area contributed by atoms with Gasteiger partial charge in [0.2, 0.25) is 5.91 Å². The number of ketones is 1. The molecule has 0 spiro atoms. The van der Waals surface area contributed by atoms with Gasteiger partial charge >= 0.3 is 0 Å². The molecule has 0 fully saturated rings. The molecular weight excluding hydrogens is 333 g/mol. The van der Waals surface area contributed by atoms with E-state index in [1.54, 1.807) is 42.3 Å². The minimum atomic E-state index is -0.0905. The number of Topliss-reactive ketones (excluding diaryl/α,β-unsaturated/α-hetero) is 1. The first-order chi connectivity index (χ1) is 11.0.